The molecule has 1 unspecified atom stereocenters. The van der Waals surface area contributed by atoms with Crippen molar-refractivity contribution in [2.75, 3.05) is 7.05 Å². The summed E-state index contributed by atoms with van der Waals surface area (Å²) in [4.78, 5) is 0. The van der Waals surface area contributed by atoms with Gasteiger partial charge in [-0.2, -0.15) is 5.10 Å². The van der Waals surface area contributed by atoms with Crippen molar-refractivity contribution >= 4 is 0 Å². The first-order chi connectivity index (χ1) is 7.51. The van der Waals surface area contributed by atoms with E-state index in [-0.39, 0.29) is 5.41 Å². The average Bonchev–Trinajstić information content (AvgIpc) is 2.66. The van der Waals surface area contributed by atoms with Gasteiger partial charge in [0.15, 0.2) is 0 Å². The largest absolute Gasteiger partial charge is 0.317 e. The van der Waals surface area contributed by atoms with Crippen LogP contribution in [0.25, 0.3) is 0 Å². The van der Waals surface area contributed by atoms with Crippen LogP contribution in [0.1, 0.15) is 46.2 Å². The van der Waals surface area contributed by atoms with E-state index in [4.69, 9.17) is 0 Å². The number of rotatable bonds is 6. The smallest absolute Gasteiger partial charge is 0.0492 e. The maximum absolute atomic E-state index is 4.40. The molecule has 0 fully saturated rings. The average molecular weight is 223 g/mol. The molecular formula is C13H25N3. The first-order valence-electron chi connectivity index (χ1n) is 6.20. The molecule has 1 atom stereocenters. The Morgan fingerprint density at radius 2 is 2.19 bits per heavy atom. The van der Waals surface area contributed by atoms with E-state index in [1.54, 1.807) is 0 Å². The summed E-state index contributed by atoms with van der Waals surface area (Å²) in [6.45, 7) is 10.0. The van der Waals surface area contributed by atoms with Crippen LogP contribution in [0, 0.1) is 0 Å². The van der Waals surface area contributed by atoms with Crippen LogP contribution in [-0.4, -0.2) is 22.9 Å². The lowest BCUT2D eigenvalue weighted by atomic mass is 9.83. The molecule has 0 amide bonds. The molecule has 0 aliphatic heterocycles. The summed E-state index contributed by atoms with van der Waals surface area (Å²) < 4.78 is 2.14. The van der Waals surface area contributed by atoms with Crippen molar-refractivity contribution < 1.29 is 0 Å². The highest BCUT2D eigenvalue weighted by Crippen LogP contribution is 2.28. The SMILES string of the molecule is CCCn1nccc1C(C)(C)CC(C)NC. The third kappa shape index (κ3) is 3.08. The summed E-state index contributed by atoms with van der Waals surface area (Å²) in [7, 11) is 2.02. The Labute approximate surface area is 99.2 Å². The van der Waals surface area contributed by atoms with Crippen LogP contribution in [0.5, 0.6) is 0 Å². The Hall–Kier alpha value is -0.830. The molecule has 0 spiro atoms. The van der Waals surface area contributed by atoms with Gasteiger partial charge >= 0.3 is 0 Å². The number of aryl methyl sites for hydroxylation is 1. The lowest BCUT2D eigenvalue weighted by molar-refractivity contribution is 0.373. The fraction of sp³-hybridized carbons (Fsp3) is 0.769. The van der Waals surface area contributed by atoms with E-state index in [0.717, 1.165) is 19.4 Å². The first kappa shape index (κ1) is 13.2. The molecule has 92 valence electrons. The van der Waals surface area contributed by atoms with Crippen molar-refractivity contribution in [1.82, 2.24) is 15.1 Å². The van der Waals surface area contributed by atoms with Gasteiger partial charge in [-0.05, 0) is 32.9 Å². The highest BCUT2D eigenvalue weighted by Gasteiger charge is 2.26. The third-order valence-electron chi connectivity index (χ3n) is 3.15. The maximum atomic E-state index is 4.40. The lowest BCUT2D eigenvalue weighted by Crippen LogP contribution is -2.32. The minimum Gasteiger partial charge on any atom is -0.317 e. The quantitative estimate of drug-likeness (QED) is 0.803. The molecule has 1 aromatic heterocycles. The highest BCUT2D eigenvalue weighted by molar-refractivity contribution is 5.14. The third-order valence-corrected chi connectivity index (χ3v) is 3.15. The topological polar surface area (TPSA) is 29.9 Å². The maximum Gasteiger partial charge on any atom is 0.0492 e. The predicted octanol–water partition coefficient (Wildman–Crippen LogP) is 2.57. The second-order valence-electron chi connectivity index (χ2n) is 5.22. The highest BCUT2D eigenvalue weighted by atomic mass is 15.3. The molecule has 0 radical (unpaired) electrons. The summed E-state index contributed by atoms with van der Waals surface area (Å²) in [5.41, 5.74) is 1.52. The van der Waals surface area contributed by atoms with Crippen LogP contribution in [0.2, 0.25) is 0 Å². The van der Waals surface area contributed by atoms with Gasteiger partial charge in [-0.25, -0.2) is 0 Å². The van der Waals surface area contributed by atoms with Gasteiger partial charge in [0.1, 0.15) is 0 Å². The molecule has 3 nitrogen and oxygen atoms in total. The molecule has 0 aromatic carbocycles. The van der Waals surface area contributed by atoms with E-state index < -0.39 is 0 Å². The van der Waals surface area contributed by atoms with E-state index in [9.17, 15) is 0 Å². The van der Waals surface area contributed by atoms with Gasteiger partial charge in [0.2, 0.25) is 0 Å². The number of hydrogen-bond acceptors (Lipinski definition) is 2. The summed E-state index contributed by atoms with van der Waals surface area (Å²) in [6.07, 6.45) is 4.17. The normalized spacial score (nSPS) is 14.1. The van der Waals surface area contributed by atoms with Crippen LogP contribution in [-0.2, 0) is 12.0 Å². The van der Waals surface area contributed by atoms with Gasteiger partial charge in [-0.15, -0.1) is 0 Å². The Balaban J connectivity index is 2.83. The van der Waals surface area contributed by atoms with Crippen molar-refractivity contribution in [2.45, 2.75) is 58.5 Å². The molecule has 1 N–H and O–H groups in total. The van der Waals surface area contributed by atoms with Gasteiger partial charge < -0.3 is 5.32 Å². The molecule has 1 heterocycles. The molecule has 1 rings (SSSR count). The summed E-state index contributed by atoms with van der Waals surface area (Å²) in [5, 5.41) is 7.71. The number of aromatic nitrogens is 2. The number of nitrogens with one attached hydrogen (secondary N) is 1. The zero-order chi connectivity index (χ0) is 12.2. The van der Waals surface area contributed by atoms with Gasteiger partial charge in [0.25, 0.3) is 0 Å². The Morgan fingerprint density at radius 1 is 1.50 bits per heavy atom. The lowest BCUT2D eigenvalue weighted by Gasteiger charge is -2.28. The van der Waals surface area contributed by atoms with E-state index in [1.165, 1.54) is 5.69 Å². The van der Waals surface area contributed by atoms with Gasteiger partial charge in [-0.3, -0.25) is 4.68 Å². The van der Waals surface area contributed by atoms with Crippen LogP contribution in [0.4, 0.5) is 0 Å². The molecule has 0 saturated carbocycles. The van der Waals surface area contributed by atoms with E-state index in [0.29, 0.717) is 6.04 Å². The fourth-order valence-corrected chi connectivity index (χ4v) is 2.27. The van der Waals surface area contributed by atoms with E-state index in [2.05, 4.69) is 48.9 Å². The minimum absolute atomic E-state index is 0.175. The van der Waals surface area contributed by atoms with Crippen molar-refractivity contribution in [3.63, 3.8) is 0 Å². The van der Waals surface area contributed by atoms with Crippen LogP contribution >= 0.6 is 0 Å². The standard InChI is InChI=1S/C13H25N3/c1-6-9-16-12(7-8-15-16)13(3,4)10-11(2)14-5/h7-8,11,14H,6,9-10H2,1-5H3. The molecule has 0 saturated heterocycles. The zero-order valence-electron chi connectivity index (χ0n) is 11.2. The second kappa shape index (κ2) is 5.48. The van der Waals surface area contributed by atoms with E-state index >= 15 is 0 Å². The molecule has 0 aliphatic carbocycles. The minimum atomic E-state index is 0.175. The molecule has 1 aromatic rings. The van der Waals surface area contributed by atoms with E-state index in [1.807, 2.05) is 13.2 Å². The van der Waals surface area contributed by atoms with Gasteiger partial charge in [-0.1, -0.05) is 20.8 Å². The van der Waals surface area contributed by atoms with Crippen LogP contribution in [0.3, 0.4) is 0 Å². The van der Waals surface area contributed by atoms with Gasteiger partial charge in [0, 0.05) is 29.9 Å². The molecule has 3 heteroatoms. The summed E-state index contributed by atoms with van der Waals surface area (Å²) in [6, 6.07) is 2.68. The van der Waals surface area contributed by atoms with Crippen LogP contribution < -0.4 is 5.32 Å². The Bertz CT molecular complexity index is 315. The first-order valence-corrected chi connectivity index (χ1v) is 6.20. The van der Waals surface area contributed by atoms with Crippen molar-refractivity contribution in [2.24, 2.45) is 0 Å². The van der Waals surface area contributed by atoms with Crippen molar-refractivity contribution in [3.8, 4) is 0 Å². The molecule has 0 aliphatic rings. The monoisotopic (exact) mass is 223 g/mol. The molecule has 0 bridgehead atoms. The van der Waals surface area contributed by atoms with Crippen molar-refractivity contribution in [3.05, 3.63) is 18.0 Å². The second-order valence-corrected chi connectivity index (χ2v) is 5.22. The zero-order valence-corrected chi connectivity index (χ0v) is 11.2. The number of nitrogens with zero attached hydrogens (tertiary/aromatic N) is 2. The number of hydrogen-bond donors (Lipinski definition) is 1. The predicted molar refractivity (Wildman–Crippen MR) is 68.7 cm³/mol. The fourth-order valence-electron chi connectivity index (χ4n) is 2.27. The molecule has 16 heavy (non-hydrogen) atoms. The Morgan fingerprint density at radius 3 is 2.75 bits per heavy atom. The van der Waals surface area contributed by atoms with Gasteiger partial charge in [0.05, 0.1) is 0 Å². The Kier molecular flexibility index (Phi) is 4.54. The van der Waals surface area contributed by atoms with Crippen molar-refractivity contribution in [1.29, 1.82) is 0 Å². The van der Waals surface area contributed by atoms with Crippen LogP contribution in [0.15, 0.2) is 12.3 Å². The molecular weight excluding hydrogens is 198 g/mol. The summed E-state index contributed by atoms with van der Waals surface area (Å²) in [5.74, 6) is 0. The summed E-state index contributed by atoms with van der Waals surface area (Å²) >= 11 is 0.